The minimum Gasteiger partial charge on any atom is -0.503 e. The van der Waals surface area contributed by atoms with E-state index in [0.717, 1.165) is 84.5 Å². The number of nitrogens with zero attached hydrogens (tertiary/aromatic N) is 4. The zero-order valence-electron chi connectivity index (χ0n) is 29.4. The van der Waals surface area contributed by atoms with Gasteiger partial charge in [0.05, 0.1) is 49.8 Å². The van der Waals surface area contributed by atoms with Gasteiger partial charge in [0.1, 0.15) is 5.69 Å². The van der Waals surface area contributed by atoms with Crippen LogP contribution < -0.4 is 20.4 Å². The fourth-order valence-corrected chi connectivity index (χ4v) is 6.54. The number of anilines is 3. The first-order chi connectivity index (χ1) is 24.6. The van der Waals surface area contributed by atoms with Crippen molar-refractivity contribution in [1.82, 2.24) is 14.6 Å². The molecule has 7 rings (SSSR count). The second kappa shape index (κ2) is 14.0. The topological polar surface area (TPSA) is 124 Å². The monoisotopic (exact) mass is 688 g/mol. The van der Waals surface area contributed by atoms with E-state index in [-0.39, 0.29) is 16.9 Å². The Morgan fingerprint density at radius 3 is 2.29 bits per heavy atom. The Kier molecular flexibility index (Phi) is 9.33. The standard InChI is InChI=1S/C40H44N6O5/c1-40(2,3)27-20-34(38(50-4)35(21-27)46(29-8-7-9-29)45-24-36(47)37(48)25-45)43-39(49)42-33-15-14-30(31-10-5-6-11-32(31)33)26-12-13-28(41-22-26)23-44-16-18-51-19-17-44/h5-6,8,10-15,20-22,24-25,47-48H,7,9,16-19,23H2,1-4H3,(H2,42,43,49). The summed E-state index contributed by atoms with van der Waals surface area (Å²) in [5, 5.41) is 30.4. The van der Waals surface area contributed by atoms with Gasteiger partial charge in [0, 0.05) is 42.5 Å². The van der Waals surface area contributed by atoms with Crippen molar-refractivity contribution in [2.75, 3.05) is 49.1 Å². The summed E-state index contributed by atoms with van der Waals surface area (Å²) in [5.41, 5.74) is 6.49. The largest absolute Gasteiger partial charge is 0.503 e. The average Bonchev–Trinajstić information content (AvgIpc) is 3.43. The van der Waals surface area contributed by atoms with E-state index in [1.807, 2.05) is 53.7 Å². The maximum Gasteiger partial charge on any atom is 0.323 e. The molecule has 3 aromatic carbocycles. The van der Waals surface area contributed by atoms with Crippen LogP contribution in [0.25, 0.3) is 21.9 Å². The van der Waals surface area contributed by atoms with Gasteiger partial charge in [-0.3, -0.25) is 19.6 Å². The molecule has 2 aromatic heterocycles. The fourth-order valence-electron chi connectivity index (χ4n) is 6.54. The van der Waals surface area contributed by atoms with Gasteiger partial charge in [-0.1, -0.05) is 63.2 Å². The van der Waals surface area contributed by atoms with Gasteiger partial charge in [-0.05, 0) is 59.0 Å². The van der Waals surface area contributed by atoms with Crippen LogP contribution in [0.4, 0.5) is 21.9 Å². The number of ether oxygens (including phenoxy) is 2. The van der Waals surface area contributed by atoms with Gasteiger partial charge < -0.3 is 30.3 Å². The van der Waals surface area contributed by atoms with Crippen LogP contribution in [0.3, 0.4) is 0 Å². The summed E-state index contributed by atoms with van der Waals surface area (Å²) in [6.07, 6.45) is 8.60. The number of aromatic nitrogens is 2. The van der Waals surface area contributed by atoms with Crippen LogP contribution in [0.1, 0.15) is 44.9 Å². The number of allylic oxidation sites excluding steroid dienone is 2. The third-order valence-electron chi connectivity index (χ3n) is 9.47. The predicted octanol–water partition coefficient (Wildman–Crippen LogP) is 7.84. The number of hydrogen-bond donors (Lipinski definition) is 4. The van der Waals surface area contributed by atoms with Crippen molar-refractivity contribution in [3.8, 4) is 28.4 Å². The third kappa shape index (κ3) is 7.08. The maximum atomic E-state index is 13.8. The molecular formula is C40H44N6O5. The highest BCUT2D eigenvalue weighted by molar-refractivity contribution is 6.10. The predicted molar refractivity (Wildman–Crippen MR) is 201 cm³/mol. The minimum absolute atomic E-state index is 0.237. The van der Waals surface area contributed by atoms with Crippen LogP contribution in [0, 0.1) is 0 Å². The molecule has 0 saturated carbocycles. The molecule has 1 aliphatic heterocycles. The van der Waals surface area contributed by atoms with Crippen molar-refractivity contribution in [3.63, 3.8) is 0 Å². The number of pyridine rings is 1. The number of amides is 2. The van der Waals surface area contributed by atoms with Gasteiger partial charge in [-0.2, -0.15) is 0 Å². The Morgan fingerprint density at radius 1 is 0.961 bits per heavy atom. The van der Waals surface area contributed by atoms with Crippen molar-refractivity contribution in [2.24, 2.45) is 0 Å². The van der Waals surface area contributed by atoms with E-state index in [0.29, 0.717) is 22.8 Å². The zero-order chi connectivity index (χ0) is 35.7. The highest BCUT2D eigenvalue weighted by atomic mass is 16.5. The first-order valence-corrected chi connectivity index (χ1v) is 17.3. The van der Waals surface area contributed by atoms with E-state index in [1.54, 1.807) is 11.8 Å². The maximum absolute atomic E-state index is 13.8. The van der Waals surface area contributed by atoms with Gasteiger partial charge in [0.15, 0.2) is 17.2 Å². The molecule has 0 spiro atoms. The van der Waals surface area contributed by atoms with Gasteiger partial charge in [0.2, 0.25) is 0 Å². The van der Waals surface area contributed by atoms with Crippen molar-refractivity contribution < 1.29 is 24.5 Å². The highest BCUT2D eigenvalue weighted by Crippen LogP contribution is 2.45. The smallest absolute Gasteiger partial charge is 0.323 e. The Hall–Kier alpha value is -5.52. The highest BCUT2D eigenvalue weighted by Gasteiger charge is 2.28. The summed E-state index contributed by atoms with van der Waals surface area (Å²) in [5.74, 6) is -0.0406. The Morgan fingerprint density at radius 2 is 1.67 bits per heavy atom. The molecule has 3 heterocycles. The van der Waals surface area contributed by atoms with Crippen LogP contribution in [0.5, 0.6) is 17.2 Å². The number of rotatable bonds is 9. The summed E-state index contributed by atoms with van der Waals surface area (Å²) in [6, 6.07) is 19.6. The first kappa shape index (κ1) is 34.0. The molecule has 2 amide bonds. The molecule has 51 heavy (non-hydrogen) atoms. The van der Waals surface area contributed by atoms with E-state index >= 15 is 0 Å². The number of nitrogens with one attached hydrogen (secondary N) is 2. The summed E-state index contributed by atoms with van der Waals surface area (Å²) < 4.78 is 13.1. The summed E-state index contributed by atoms with van der Waals surface area (Å²) >= 11 is 0. The SMILES string of the molecule is COc1c(NC(=O)Nc2ccc(-c3ccc(CN4CCOCC4)nc3)c3ccccc23)cc(C(C)(C)C)cc1N(C1=CCC1)n1cc(O)c(O)c1. The van der Waals surface area contributed by atoms with Crippen LogP contribution in [0.15, 0.2) is 91.0 Å². The minimum atomic E-state index is -0.428. The molecule has 1 saturated heterocycles. The molecule has 2 aliphatic rings. The molecule has 0 bridgehead atoms. The van der Waals surface area contributed by atoms with Crippen LogP contribution in [-0.4, -0.2) is 64.2 Å². The molecule has 5 aromatic rings. The Bertz CT molecular complexity index is 2070. The number of aromatic hydroxyl groups is 2. The molecule has 264 valence electrons. The fraction of sp³-hybridized carbons (Fsp3) is 0.300. The van der Waals surface area contributed by atoms with E-state index in [1.165, 1.54) is 12.4 Å². The van der Waals surface area contributed by atoms with Crippen molar-refractivity contribution >= 4 is 33.9 Å². The molecule has 11 nitrogen and oxygen atoms in total. The second-order valence-corrected chi connectivity index (χ2v) is 14.0. The van der Waals surface area contributed by atoms with E-state index in [4.69, 9.17) is 14.5 Å². The third-order valence-corrected chi connectivity index (χ3v) is 9.47. The van der Waals surface area contributed by atoms with Gasteiger partial charge in [0.25, 0.3) is 0 Å². The van der Waals surface area contributed by atoms with E-state index in [9.17, 15) is 15.0 Å². The van der Waals surface area contributed by atoms with E-state index < -0.39 is 6.03 Å². The molecule has 0 radical (unpaired) electrons. The number of urea groups is 1. The van der Waals surface area contributed by atoms with Crippen molar-refractivity contribution in [3.05, 3.63) is 102 Å². The summed E-state index contributed by atoms with van der Waals surface area (Å²) in [6.45, 7) is 10.4. The lowest BCUT2D eigenvalue weighted by Crippen LogP contribution is -2.35. The van der Waals surface area contributed by atoms with Crippen molar-refractivity contribution in [2.45, 2.75) is 45.6 Å². The molecule has 1 aliphatic carbocycles. The zero-order valence-corrected chi connectivity index (χ0v) is 29.4. The number of methoxy groups -OCH3 is 1. The van der Waals surface area contributed by atoms with Gasteiger partial charge in [-0.25, -0.2) is 4.79 Å². The number of morpholine rings is 1. The normalized spacial score (nSPS) is 14.9. The van der Waals surface area contributed by atoms with Crippen LogP contribution in [0.2, 0.25) is 0 Å². The lowest BCUT2D eigenvalue weighted by atomic mass is 9.86. The number of carbonyl (C=O) groups excluding carboxylic acids is 1. The number of carbonyl (C=O) groups is 1. The van der Waals surface area contributed by atoms with Crippen molar-refractivity contribution in [1.29, 1.82) is 0 Å². The lowest BCUT2D eigenvalue weighted by molar-refractivity contribution is 0.0336. The summed E-state index contributed by atoms with van der Waals surface area (Å²) in [4.78, 5) is 20.9. The molecule has 4 N–H and O–H groups in total. The first-order valence-electron chi connectivity index (χ1n) is 17.3. The summed E-state index contributed by atoms with van der Waals surface area (Å²) in [7, 11) is 1.56. The number of fused-ring (bicyclic) bond motifs is 1. The van der Waals surface area contributed by atoms with Gasteiger partial charge >= 0.3 is 6.03 Å². The molecule has 0 atom stereocenters. The quantitative estimate of drug-likeness (QED) is 0.124. The number of benzene rings is 3. The molecule has 0 unspecified atom stereocenters. The van der Waals surface area contributed by atoms with E-state index in [2.05, 4.69) is 60.6 Å². The second-order valence-electron chi connectivity index (χ2n) is 14.0. The molecule has 1 fully saturated rings. The van der Waals surface area contributed by atoms with Crippen LogP contribution >= 0.6 is 0 Å². The number of hydrogen-bond acceptors (Lipinski definition) is 8. The lowest BCUT2D eigenvalue weighted by Gasteiger charge is -2.34. The Balaban J connectivity index is 1.18. The Labute approximate surface area is 297 Å². The van der Waals surface area contributed by atoms with Gasteiger partial charge in [-0.15, -0.1) is 0 Å². The molecular weight excluding hydrogens is 644 g/mol. The van der Waals surface area contributed by atoms with Crippen LogP contribution in [-0.2, 0) is 16.7 Å². The molecule has 11 heteroatoms. The average molecular weight is 689 g/mol.